The van der Waals surface area contributed by atoms with Crippen LogP contribution in [0.1, 0.15) is 16.1 Å². The number of sulfone groups is 1. The number of carboxylic acid groups (broad SMARTS) is 1. The molecule has 0 amide bonds. The number of aromatic carboxylic acids is 1. The molecule has 1 heterocycles. The quantitative estimate of drug-likeness (QED) is 0.869. The zero-order valence-corrected chi connectivity index (χ0v) is 11.4. The first-order valence-corrected chi connectivity index (χ1v) is 7.30. The maximum atomic E-state index is 13.9. The van der Waals surface area contributed by atoms with E-state index in [1.807, 2.05) is 0 Å². The molecule has 6 nitrogen and oxygen atoms in total. The van der Waals surface area contributed by atoms with Gasteiger partial charge in [0.25, 0.3) is 0 Å². The van der Waals surface area contributed by atoms with Crippen LogP contribution >= 0.6 is 0 Å². The molecule has 0 aliphatic heterocycles. The molecule has 1 aromatic heterocycles. The first-order valence-electron chi connectivity index (χ1n) is 5.40. The van der Waals surface area contributed by atoms with Gasteiger partial charge in [0.1, 0.15) is 11.5 Å². The van der Waals surface area contributed by atoms with E-state index in [0.29, 0.717) is 0 Å². The molecular formula is C12H10FNO5S. The van der Waals surface area contributed by atoms with Crippen molar-refractivity contribution >= 4 is 15.8 Å². The monoisotopic (exact) mass is 299 g/mol. The van der Waals surface area contributed by atoms with Crippen molar-refractivity contribution in [1.29, 1.82) is 0 Å². The smallest absolute Gasteiger partial charge is 0.374 e. The number of nitrogens with zero attached hydrogens (tertiary/aromatic N) is 1. The van der Waals surface area contributed by atoms with Crippen molar-refractivity contribution in [2.45, 2.75) is 11.8 Å². The maximum absolute atomic E-state index is 13.9. The molecule has 0 saturated heterocycles. The van der Waals surface area contributed by atoms with Crippen molar-refractivity contribution < 1.29 is 27.2 Å². The molecule has 0 fully saturated rings. The van der Waals surface area contributed by atoms with E-state index >= 15 is 0 Å². The average Bonchev–Trinajstić information content (AvgIpc) is 2.76. The van der Waals surface area contributed by atoms with Gasteiger partial charge in [-0.1, -0.05) is 5.16 Å². The van der Waals surface area contributed by atoms with Gasteiger partial charge in [-0.3, -0.25) is 0 Å². The summed E-state index contributed by atoms with van der Waals surface area (Å²) in [6.07, 6.45) is 1.00. The lowest BCUT2D eigenvalue weighted by atomic mass is 10.1. The van der Waals surface area contributed by atoms with E-state index in [2.05, 4.69) is 9.68 Å². The Kier molecular flexibility index (Phi) is 3.34. The number of benzene rings is 1. The summed E-state index contributed by atoms with van der Waals surface area (Å²) in [6, 6.07) is 3.20. The fraction of sp³-hybridized carbons (Fsp3) is 0.167. The van der Waals surface area contributed by atoms with Crippen LogP contribution in [0.4, 0.5) is 4.39 Å². The van der Waals surface area contributed by atoms with E-state index in [-0.39, 0.29) is 21.7 Å². The second kappa shape index (κ2) is 4.71. The third-order valence-corrected chi connectivity index (χ3v) is 3.90. The van der Waals surface area contributed by atoms with Gasteiger partial charge in [0.2, 0.25) is 5.76 Å². The van der Waals surface area contributed by atoms with Crippen molar-refractivity contribution in [3.8, 4) is 11.3 Å². The summed E-state index contributed by atoms with van der Waals surface area (Å²) >= 11 is 0. The van der Waals surface area contributed by atoms with Crippen molar-refractivity contribution in [3.63, 3.8) is 0 Å². The lowest BCUT2D eigenvalue weighted by molar-refractivity contribution is 0.0652. The Morgan fingerprint density at radius 3 is 2.50 bits per heavy atom. The minimum atomic E-state index is -3.53. The summed E-state index contributed by atoms with van der Waals surface area (Å²) in [6.45, 7) is 1.47. The second-order valence-corrected chi connectivity index (χ2v) is 6.24. The van der Waals surface area contributed by atoms with E-state index in [4.69, 9.17) is 5.11 Å². The Bertz CT molecular complexity index is 794. The highest BCUT2D eigenvalue weighted by molar-refractivity contribution is 7.90. The van der Waals surface area contributed by atoms with Crippen molar-refractivity contribution in [2.75, 3.05) is 6.26 Å². The summed E-state index contributed by atoms with van der Waals surface area (Å²) < 4.78 is 41.6. The zero-order chi connectivity index (χ0) is 15.1. The molecule has 1 aromatic carbocycles. The minimum absolute atomic E-state index is 0.0474. The molecule has 0 aliphatic rings. The Labute approximate surface area is 113 Å². The molecule has 106 valence electrons. The Hall–Kier alpha value is -2.22. The van der Waals surface area contributed by atoms with Crippen molar-refractivity contribution in [1.82, 2.24) is 5.16 Å². The molecular weight excluding hydrogens is 289 g/mol. The number of hydrogen-bond acceptors (Lipinski definition) is 5. The summed E-state index contributed by atoms with van der Waals surface area (Å²) in [4.78, 5) is 10.6. The number of carboxylic acids is 1. The molecule has 0 atom stereocenters. The number of carbonyl (C=O) groups is 1. The second-order valence-electron chi connectivity index (χ2n) is 4.25. The first kappa shape index (κ1) is 14.2. The van der Waals surface area contributed by atoms with Gasteiger partial charge in [-0.15, -0.1) is 0 Å². The van der Waals surface area contributed by atoms with Gasteiger partial charge in [-0.05, 0) is 24.6 Å². The van der Waals surface area contributed by atoms with Crippen LogP contribution < -0.4 is 0 Å². The van der Waals surface area contributed by atoms with Gasteiger partial charge in [-0.2, -0.15) is 0 Å². The van der Waals surface area contributed by atoms with E-state index in [9.17, 15) is 17.6 Å². The molecule has 8 heteroatoms. The highest BCUT2D eigenvalue weighted by Gasteiger charge is 2.19. The molecule has 0 radical (unpaired) electrons. The Balaban J connectivity index is 2.64. The predicted octanol–water partition coefficient (Wildman–Crippen LogP) is 1.89. The lowest BCUT2D eigenvalue weighted by Gasteiger charge is -2.06. The summed E-state index contributed by atoms with van der Waals surface area (Å²) in [5, 5.41) is 12.1. The van der Waals surface area contributed by atoms with Gasteiger partial charge >= 0.3 is 5.97 Å². The molecule has 0 unspecified atom stereocenters. The molecule has 1 N–H and O–H groups in total. The van der Waals surface area contributed by atoms with Crippen LogP contribution in [-0.2, 0) is 9.84 Å². The van der Waals surface area contributed by atoms with E-state index in [1.165, 1.54) is 6.92 Å². The van der Waals surface area contributed by atoms with Crippen LogP contribution in [0.5, 0.6) is 0 Å². The largest absolute Gasteiger partial charge is 0.475 e. The molecule has 20 heavy (non-hydrogen) atoms. The molecule has 2 aromatic rings. The minimum Gasteiger partial charge on any atom is -0.475 e. The van der Waals surface area contributed by atoms with Crippen LogP contribution in [0.2, 0.25) is 0 Å². The third-order valence-electron chi connectivity index (χ3n) is 2.66. The number of halogens is 1. The normalized spacial score (nSPS) is 11.6. The van der Waals surface area contributed by atoms with Gasteiger partial charge in [0, 0.05) is 17.9 Å². The predicted molar refractivity (Wildman–Crippen MR) is 66.7 cm³/mol. The molecule has 0 saturated carbocycles. The van der Waals surface area contributed by atoms with Gasteiger partial charge < -0.3 is 9.63 Å². The topological polar surface area (TPSA) is 97.5 Å². The summed E-state index contributed by atoms with van der Waals surface area (Å²) in [5.41, 5.74) is 0.0489. The zero-order valence-electron chi connectivity index (χ0n) is 10.5. The average molecular weight is 299 g/mol. The van der Waals surface area contributed by atoms with E-state index in [0.717, 1.165) is 24.5 Å². The molecule has 0 aliphatic carbocycles. The van der Waals surface area contributed by atoms with Gasteiger partial charge in [0.15, 0.2) is 9.84 Å². The van der Waals surface area contributed by atoms with Crippen LogP contribution in [0.25, 0.3) is 11.3 Å². The summed E-state index contributed by atoms with van der Waals surface area (Å²) in [7, 11) is -3.53. The SMILES string of the molecule is Cc1cc(F)c(-c2cc(C(=O)O)on2)cc1S(C)(=O)=O. The van der Waals surface area contributed by atoms with E-state index < -0.39 is 27.4 Å². The standard InChI is InChI=1S/C12H10FNO5S/c1-6-3-8(13)7(4-11(6)20(2,17)18)9-5-10(12(15)16)19-14-9/h3-5H,1-2H3,(H,15,16). The van der Waals surface area contributed by atoms with E-state index in [1.54, 1.807) is 0 Å². The van der Waals surface area contributed by atoms with Gasteiger partial charge in [0.05, 0.1) is 4.90 Å². The van der Waals surface area contributed by atoms with Crippen LogP contribution in [0.15, 0.2) is 27.6 Å². The first-order chi connectivity index (χ1) is 9.20. The fourth-order valence-electron chi connectivity index (χ4n) is 1.75. The number of rotatable bonds is 3. The number of hydrogen-bond donors (Lipinski definition) is 1. The van der Waals surface area contributed by atoms with Crippen molar-refractivity contribution in [2.24, 2.45) is 0 Å². The third kappa shape index (κ3) is 2.55. The van der Waals surface area contributed by atoms with Gasteiger partial charge in [-0.25, -0.2) is 17.6 Å². The highest BCUT2D eigenvalue weighted by Crippen LogP contribution is 2.28. The summed E-state index contributed by atoms with van der Waals surface area (Å²) in [5.74, 6) is -2.51. The molecule has 0 bridgehead atoms. The van der Waals surface area contributed by atoms with Crippen LogP contribution in [0, 0.1) is 12.7 Å². The van der Waals surface area contributed by atoms with Crippen LogP contribution in [0.3, 0.4) is 0 Å². The highest BCUT2D eigenvalue weighted by atomic mass is 32.2. The number of aryl methyl sites for hydroxylation is 1. The van der Waals surface area contributed by atoms with Crippen LogP contribution in [-0.4, -0.2) is 30.9 Å². The maximum Gasteiger partial charge on any atom is 0.374 e. The molecule has 0 spiro atoms. The molecule has 2 rings (SSSR count). The Morgan fingerprint density at radius 2 is 2.00 bits per heavy atom. The van der Waals surface area contributed by atoms with Crippen molar-refractivity contribution in [3.05, 3.63) is 35.3 Å². The number of aromatic nitrogens is 1. The lowest BCUT2D eigenvalue weighted by Crippen LogP contribution is -2.02. The fourth-order valence-corrected chi connectivity index (χ4v) is 2.73. The Morgan fingerprint density at radius 1 is 1.35 bits per heavy atom.